The van der Waals surface area contributed by atoms with E-state index in [1.807, 2.05) is 32.0 Å². The van der Waals surface area contributed by atoms with Crippen molar-refractivity contribution in [1.82, 2.24) is 10.3 Å². The van der Waals surface area contributed by atoms with Gasteiger partial charge in [0.25, 0.3) is 5.56 Å². The van der Waals surface area contributed by atoms with E-state index in [0.717, 1.165) is 27.6 Å². The molecule has 0 saturated carbocycles. The largest absolute Gasteiger partial charge is 0.493 e. The van der Waals surface area contributed by atoms with Crippen molar-refractivity contribution < 1.29 is 19.0 Å². The number of carbonyl (C=O) groups excluding carboxylic acids is 1. The number of benzene rings is 2. The molecule has 0 atom stereocenters. The van der Waals surface area contributed by atoms with E-state index >= 15 is 0 Å². The number of carbonyl (C=O) groups is 1. The summed E-state index contributed by atoms with van der Waals surface area (Å²) in [4.78, 5) is 27.7. The highest BCUT2D eigenvalue weighted by Gasteiger charge is 2.12. The van der Waals surface area contributed by atoms with Gasteiger partial charge in [0, 0.05) is 23.6 Å². The predicted octanol–water partition coefficient (Wildman–Crippen LogP) is 3.54. The number of pyridine rings is 1. The number of aryl methyl sites for hydroxylation is 2. The molecule has 0 unspecified atom stereocenters. The van der Waals surface area contributed by atoms with E-state index in [1.54, 1.807) is 18.2 Å². The number of rotatable bonds is 8. The van der Waals surface area contributed by atoms with Crippen LogP contribution in [-0.2, 0) is 11.2 Å². The summed E-state index contributed by atoms with van der Waals surface area (Å²) in [6, 6.07) is 9.45. The molecule has 0 spiro atoms. The summed E-state index contributed by atoms with van der Waals surface area (Å²) in [5.74, 6) is 1.24. The number of ether oxygens (including phenoxy) is 3. The van der Waals surface area contributed by atoms with Crippen LogP contribution in [-0.4, -0.2) is 38.8 Å². The Kier molecular flexibility index (Phi) is 7.20. The van der Waals surface area contributed by atoms with Crippen molar-refractivity contribution in [3.05, 3.63) is 69.0 Å². The fourth-order valence-corrected chi connectivity index (χ4v) is 3.55. The number of fused-ring (bicyclic) bond motifs is 1. The van der Waals surface area contributed by atoms with E-state index in [0.29, 0.717) is 35.8 Å². The first-order valence-corrected chi connectivity index (χ1v) is 10.3. The Morgan fingerprint density at radius 2 is 1.66 bits per heavy atom. The molecule has 0 bridgehead atoms. The molecule has 0 aliphatic heterocycles. The standard InChI is InChI=1S/C25H28N2O5/c1-15-6-7-16(2)23-19(15)14-18(25(29)27-23)10-11-26-22(28)9-8-17-12-20(30-3)24(32-5)21(13-17)31-4/h6-9,12-14H,10-11H2,1-5H3,(H,26,28)(H,27,29). The van der Waals surface area contributed by atoms with Gasteiger partial charge in [-0.3, -0.25) is 9.59 Å². The second kappa shape index (κ2) is 10.0. The van der Waals surface area contributed by atoms with Gasteiger partial charge in [-0.1, -0.05) is 12.1 Å². The van der Waals surface area contributed by atoms with Crippen molar-refractivity contribution in [3.8, 4) is 17.2 Å². The van der Waals surface area contributed by atoms with E-state index in [9.17, 15) is 9.59 Å². The van der Waals surface area contributed by atoms with Crippen LogP contribution in [0.4, 0.5) is 0 Å². The van der Waals surface area contributed by atoms with Gasteiger partial charge in [0.2, 0.25) is 11.7 Å². The highest BCUT2D eigenvalue weighted by molar-refractivity contribution is 5.92. The molecule has 0 aliphatic rings. The first kappa shape index (κ1) is 22.9. The molecule has 2 N–H and O–H groups in total. The number of H-pyrrole nitrogens is 1. The average Bonchev–Trinajstić information content (AvgIpc) is 2.80. The topological polar surface area (TPSA) is 89.7 Å². The maximum atomic E-state index is 12.4. The van der Waals surface area contributed by atoms with Crippen molar-refractivity contribution in [1.29, 1.82) is 0 Å². The normalized spacial score (nSPS) is 11.0. The Balaban J connectivity index is 1.67. The van der Waals surface area contributed by atoms with Gasteiger partial charge in [-0.2, -0.15) is 0 Å². The van der Waals surface area contributed by atoms with E-state index in [1.165, 1.54) is 27.4 Å². The lowest BCUT2D eigenvalue weighted by atomic mass is 10.0. The molecular formula is C25H28N2O5. The Morgan fingerprint density at radius 1 is 1.00 bits per heavy atom. The first-order chi connectivity index (χ1) is 15.4. The average molecular weight is 437 g/mol. The third-order valence-electron chi connectivity index (χ3n) is 5.33. The van der Waals surface area contributed by atoms with Crippen molar-refractivity contribution >= 4 is 22.9 Å². The van der Waals surface area contributed by atoms with Crippen LogP contribution in [0.15, 0.2) is 41.2 Å². The fourth-order valence-electron chi connectivity index (χ4n) is 3.55. The lowest BCUT2D eigenvalue weighted by Gasteiger charge is -2.12. The smallest absolute Gasteiger partial charge is 0.251 e. The second-order valence-corrected chi connectivity index (χ2v) is 7.44. The highest BCUT2D eigenvalue weighted by Crippen LogP contribution is 2.38. The van der Waals surface area contributed by atoms with Gasteiger partial charge in [0.05, 0.1) is 26.8 Å². The molecule has 0 aliphatic carbocycles. The van der Waals surface area contributed by atoms with Gasteiger partial charge in [-0.25, -0.2) is 0 Å². The lowest BCUT2D eigenvalue weighted by molar-refractivity contribution is -0.116. The third-order valence-corrected chi connectivity index (χ3v) is 5.33. The quantitative estimate of drug-likeness (QED) is 0.527. The summed E-state index contributed by atoms with van der Waals surface area (Å²) in [5, 5.41) is 3.84. The summed E-state index contributed by atoms with van der Waals surface area (Å²) in [7, 11) is 4.61. The number of nitrogens with one attached hydrogen (secondary N) is 2. The van der Waals surface area contributed by atoms with Crippen molar-refractivity contribution in [2.24, 2.45) is 0 Å². The maximum absolute atomic E-state index is 12.4. The molecule has 168 valence electrons. The van der Waals surface area contributed by atoms with Crippen molar-refractivity contribution in [3.63, 3.8) is 0 Å². The zero-order valence-electron chi connectivity index (χ0n) is 19.0. The zero-order valence-corrected chi connectivity index (χ0v) is 19.0. The molecule has 7 nitrogen and oxygen atoms in total. The highest BCUT2D eigenvalue weighted by atomic mass is 16.5. The van der Waals surface area contributed by atoms with Crippen LogP contribution in [0, 0.1) is 13.8 Å². The Labute approximate surface area is 187 Å². The number of aromatic amines is 1. The van der Waals surface area contributed by atoms with E-state index in [4.69, 9.17) is 14.2 Å². The van der Waals surface area contributed by atoms with Gasteiger partial charge >= 0.3 is 0 Å². The Hall–Kier alpha value is -3.74. The van der Waals surface area contributed by atoms with Gasteiger partial charge in [-0.15, -0.1) is 0 Å². The minimum atomic E-state index is -0.261. The van der Waals surface area contributed by atoms with Crippen LogP contribution < -0.4 is 25.1 Å². The van der Waals surface area contributed by atoms with Crippen LogP contribution in [0.3, 0.4) is 0 Å². The van der Waals surface area contributed by atoms with Gasteiger partial charge in [0.15, 0.2) is 11.5 Å². The second-order valence-electron chi connectivity index (χ2n) is 7.44. The fraction of sp³-hybridized carbons (Fsp3) is 0.280. The lowest BCUT2D eigenvalue weighted by Crippen LogP contribution is -2.25. The Bertz CT molecular complexity index is 1200. The predicted molar refractivity (Wildman–Crippen MR) is 126 cm³/mol. The van der Waals surface area contributed by atoms with Crippen LogP contribution >= 0.6 is 0 Å². The molecule has 0 saturated heterocycles. The number of hydrogen-bond acceptors (Lipinski definition) is 5. The van der Waals surface area contributed by atoms with E-state index in [2.05, 4.69) is 10.3 Å². The van der Waals surface area contributed by atoms with Crippen molar-refractivity contribution in [2.75, 3.05) is 27.9 Å². The molecule has 0 radical (unpaired) electrons. The van der Waals surface area contributed by atoms with E-state index in [-0.39, 0.29) is 11.5 Å². The van der Waals surface area contributed by atoms with Crippen LogP contribution in [0.2, 0.25) is 0 Å². The molecule has 32 heavy (non-hydrogen) atoms. The maximum Gasteiger partial charge on any atom is 0.251 e. The molecule has 2 aromatic carbocycles. The number of aromatic nitrogens is 1. The zero-order chi connectivity index (χ0) is 23.3. The molecule has 7 heteroatoms. The summed E-state index contributed by atoms with van der Waals surface area (Å²) < 4.78 is 16.0. The molecule has 1 amide bonds. The summed E-state index contributed by atoms with van der Waals surface area (Å²) in [6.07, 6.45) is 3.52. The number of hydrogen-bond donors (Lipinski definition) is 2. The van der Waals surface area contributed by atoms with Gasteiger partial charge < -0.3 is 24.5 Å². The van der Waals surface area contributed by atoms with E-state index < -0.39 is 0 Å². The van der Waals surface area contributed by atoms with Crippen molar-refractivity contribution in [2.45, 2.75) is 20.3 Å². The third kappa shape index (κ3) is 4.94. The monoisotopic (exact) mass is 436 g/mol. The minimum Gasteiger partial charge on any atom is -0.493 e. The van der Waals surface area contributed by atoms with Gasteiger partial charge in [-0.05, 0) is 61.2 Å². The molecule has 1 aromatic heterocycles. The SMILES string of the molecule is COc1cc(C=CC(=O)NCCc2cc3c(C)ccc(C)c3[nH]c2=O)cc(OC)c1OC. The van der Waals surface area contributed by atoms with Crippen LogP contribution in [0.5, 0.6) is 17.2 Å². The molecule has 3 aromatic rings. The van der Waals surface area contributed by atoms with Crippen LogP contribution in [0.25, 0.3) is 17.0 Å². The van der Waals surface area contributed by atoms with Gasteiger partial charge in [0.1, 0.15) is 0 Å². The minimum absolute atomic E-state index is 0.131. The summed E-state index contributed by atoms with van der Waals surface area (Å²) in [5.41, 5.74) is 4.22. The summed E-state index contributed by atoms with van der Waals surface area (Å²) in [6.45, 7) is 4.33. The molecule has 3 rings (SSSR count). The summed E-state index contributed by atoms with van der Waals surface area (Å²) >= 11 is 0. The van der Waals surface area contributed by atoms with Crippen LogP contribution in [0.1, 0.15) is 22.3 Å². The Morgan fingerprint density at radius 3 is 2.28 bits per heavy atom. The molecule has 1 heterocycles. The number of amides is 1. The molecule has 0 fully saturated rings. The first-order valence-electron chi connectivity index (χ1n) is 10.3. The number of methoxy groups -OCH3 is 3. The molecular weight excluding hydrogens is 408 g/mol.